The molecular weight excluding hydrogens is 259 g/mol. The van der Waals surface area contributed by atoms with E-state index >= 15 is 0 Å². The van der Waals surface area contributed by atoms with Crippen LogP contribution >= 0.6 is 0 Å². The summed E-state index contributed by atoms with van der Waals surface area (Å²) in [6.45, 7) is 0. The molecule has 3 aromatic rings. The third-order valence-electron chi connectivity index (χ3n) is 2.82. The maximum atomic E-state index is 12.8. The molecule has 0 aliphatic rings. The highest BCUT2D eigenvalue weighted by Gasteiger charge is 2.17. The summed E-state index contributed by atoms with van der Waals surface area (Å²) in [5.74, 6) is 0.155. The first-order chi connectivity index (χ1) is 9.74. The molecule has 100 valence electrons. The summed E-state index contributed by atoms with van der Waals surface area (Å²) in [5, 5.41) is 3.81. The predicted octanol–water partition coefficient (Wildman–Crippen LogP) is 2.32. The number of benzene rings is 1. The number of nitrogens with two attached hydrogens (primary N) is 1. The summed E-state index contributed by atoms with van der Waals surface area (Å²) in [5.41, 5.74) is 7.36. The van der Waals surface area contributed by atoms with Gasteiger partial charge in [0, 0.05) is 0 Å². The number of aromatic nitrogens is 3. The standard InChI is InChI=1S/C14H11FN4O/c15-10-6-7-11(17-8-10)13-18-14(20-19-13)12(16)9-4-2-1-3-5-9/h1-8,12H,16H2/t12-/m0/s1. The van der Waals surface area contributed by atoms with E-state index in [0.29, 0.717) is 5.69 Å². The third kappa shape index (κ3) is 2.41. The molecule has 0 unspecified atom stereocenters. The molecule has 0 fully saturated rings. The molecule has 1 atom stereocenters. The van der Waals surface area contributed by atoms with Crippen molar-refractivity contribution in [1.29, 1.82) is 0 Å². The summed E-state index contributed by atoms with van der Waals surface area (Å²) in [6, 6.07) is 11.7. The summed E-state index contributed by atoms with van der Waals surface area (Å²) in [6.07, 6.45) is 1.10. The molecular formula is C14H11FN4O. The van der Waals surface area contributed by atoms with Gasteiger partial charge < -0.3 is 10.3 Å². The molecule has 2 aromatic heterocycles. The number of rotatable bonds is 3. The van der Waals surface area contributed by atoms with Crippen molar-refractivity contribution in [2.24, 2.45) is 5.73 Å². The second kappa shape index (κ2) is 5.18. The molecule has 5 nitrogen and oxygen atoms in total. The molecule has 1 aromatic carbocycles. The third-order valence-corrected chi connectivity index (χ3v) is 2.82. The molecule has 0 saturated heterocycles. The zero-order chi connectivity index (χ0) is 13.9. The molecule has 0 bridgehead atoms. The van der Waals surface area contributed by atoms with Crippen molar-refractivity contribution in [2.45, 2.75) is 6.04 Å². The Balaban J connectivity index is 1.89. The zero-order valence-electron chi connectivity index (χ0n) is 10.4. The van der Waals surface area contributed by atoms with E-state index in [4.69, 9.17) is 10.3 Å². The number of hydrogen-bond donors (Lipinski definition) is 1. The van der Waals surface area contributed by atoms with E-state index in [0.717, 1.165) is 11.8 Å². The van der Waals surface area contributed by atoms with Gasteiger partial charge in [-0.15, -0.1) is 0 Å². The Hall–Kier alpha value is -2.60. The Kier molecular flexibility index (Phi) is 3.22. The molecule has 3 rings (SSSR count). The van der Waals surface area contributed by atoms with E-state index < -0.39 is 11.9 Å². The lowest BCUT2D eigenvalue weighted by Crippen LogP contribution is -2.12. The molecule has 2 N–H and O–H groups in total. The van der Waals surface area contributed by atoms with Crippen LogP contribution in [0.3, 0.4) is 0 Å². The fourth-order valence-corrected chi connectivity index (χ4v) is 1.78. The van der Waals surface area contributed by atoms with Gasteiger partial charge in [-0.3, -0.25) is 0 Å². The van der Waals surface area contributed by atoms with Gasteiger partial charge in [0.15, 0.2) is 0 Å². The largest absolute Gasteiger partial charge is 0.337 e. The number of nitrogens with zero attached hydrogens (tertiary/aromatic N) is 3. The number of halogens is 1. The highest BCUT2D eigenvalue weighted by molar-refractivity contribution is 5.47. The van der Waals surface area contributed by atoms with Gasteiger partial charge in [-0.2, -0.15) is 4.98 Å². The van der Waals surface area contributed by atoms with Crippen LogP contribution in [0.15, 0.2) is 53.2 Å². The van der Waals surface area contributed by atoms with Crippen LogP contribution in [0.1, 0.15) is 17.5 Å². The maximum Gasteiger partial charge on any atom is 0.248 e. The van der Waals surface area contributed by atoms with E-state index in [1.807, 2.05) is 30.3 Å². The minimum Gasteiger partial charge on any atom is -0.337 e. The van der Waals surface area contributed by atoms with Gasteiger partial charge in [0.1, 0.15) is 17.6 Å². The second-order valence-electron chi connectivity index (χ2n) is 4.21. The van der Waals surface area contributed by atoms with E-state index in [2.05, 4.69) is 15.1 Å². The lowest BCUT2D eigenvalue weighted by atomic mass is 10.1. The molecule has 0 aliphatic heterocycles. The summed E-state index contributed by atoms with van der Waals surface area (Å²) in [4.78, 5) is 8.09. The topological polar surface area (TPSA) is 77.8 Å². The first-order valence-electron chi connectivity index (χ1n) is 6.00. The van der Waals surface area contributed by atoms with Gasteiger partial charge >= 0.3 is 0 Å². The van der Waals surface area contributed by atoms with Crippen molar-refractivity contribution in [1.82, 2.24) is 15.1 Å². The van der Waals surface area contributed by atoms with Crippen LogP contribution in [0.25, 0.3) is 11.5 Å². The van der Waals surface area contributed by atoms with Crippen LogP contribution in [-0.2, 0) is 0 Å². The van der Waals surface area contributed by atoms with Gasteiger partial charge in [0.25, 0.3) is 0 Å². The van der Waals surface area contributed by atoms with Crippen LogP contribution < -0.4 is 5.73 Å². The van der Waals surface area contributed by atoms with Gasteiger partial charge in [0.05, 0.1) is 6.20 Å². The minimum atomic E-state index is -0.502. The highest BCUT2D eigenvalue weighted by atomic mass is 19.1. The Morgan fingerprint density at radius 1 is 1.10 bits per heavy atom. The first-order valence-corrected chi connectivity index (χ1v) is 6.00. The number of pyridine rings is 1. The fraction of sp³-hybridized carbons (Fsp3) is 0.0714. The number of hydrogen-bond acceptors (Lipinski definition) is 5. The average molecular weight is 270 g/mol. The smallest absolute Gasteiger partial charge is 0.248 e. The second-order valence-corrected chi connectivity index (χ2v) is 4.21. The summed E-state index contributed by atoms with van der Waals surface area (Å²) in [7, 11) is 0. The fourth-order valence-electron chi connectivity index (χ4n) is 1.78. The molecule has 2 heterocycles. The molecule has 0 amide bonds. The van der Waals surface area contributed by atoms with Crippen molar-refractivity contribution in [2.75, 3.05) is 0 Å². The van der Waals surface area contributed by atoms with E-state index in [1.54, 1.807) is 0 Å². The zero-order valence-corrected chi connectivity index (χ0v) is 10.4. The van der Waals surface area contributed by atoms with Crippen LogP contribution in [0.2, 0.25) is 0 Å². The van der Waals surface area contributed by atoms with Crippen molar-refractivity contribution in [3.8, 4) is 11.5 Å². The molecule has 6 heteroatoms. The Morgan fingerprint density at radius 2 is 1.90 bits per heavy atom. The monoisotopic (exact) mass is 270 g/mol. The van der Waals surface area contributed by atoms with Crippen molar-refractivity contribution >= 4 is 0 Å². The van der Waals surface area contributed by atoms with Gasteiger partial charge in [-0.25, -0.2) is 9.37 Å². The van der Waals surface area contributed by atoms with E-state index in [9.17, 15) is 4.39 Å². The van der Waals surface area contributed by atoms with Crippen molar-refractivity contribution in [3.05, 3.63) is 65.9 Å². The summed E-state index contributed by atoms with van der Waals surface area (Å²) >= 11 is 0. The van der Waals surface area contributed by atoms with Crippen LogP contribution in [0, 0.1) is 5.82 Å². The van der Waals surface area contributed by atoms with E-state index in [1.165, 1.54) is 12.1 Å². The van der Waals surface area contributed by atoms with Crippen molar-refractivity contribution in [3.63, 3.8) is 0 Å². The van der Waals surface area contributed by atoms with Gasteiger partial charge in [-0.1, -0.05) is 35.5 Å². The Morgan fingerprint density at radius 3 is 2.60 bits per heavy atom. The SMILES string of the molecule is N[C@@H](c1ccccc1)c1nc(-c2ccc(F)cn2)no1. The Labute approximate surface area is 114 Å². The molecule has 0 spiro atoms. The first kappa shape index (κ1) is 12.4. The van der Waals surface area contributed by atoms with Crippen LogP contribution in [0.5, 0.6) is 0 Å². The normalized spacial score (nSPS) is 12.3. The minimum absolute atomic E-state index is 0.284. The quantitative estimate of drug-likeness (QED) is 0.790. The summed E-state index contributed by atoms with van der Waals surface area (Å²) < 4.78 is 18.0. The van der Waals surface area contributed by atoms with Gasteiger partial charge in [-0.05, 0) is 17.7 Å². The highest BCUT2D eigenvalue weighted by Crippen LogP contribution is 2.20. The Bertz CT molecular complexity index is 697. The maximum absolute atomic E-state index is 12.8. The molecule has 0 aliphatic carbocycles. The average Bonchev–Trinajstić information content (AvgIpc) is 2.98. The van der Waals surface area contributed by atoms with Crippen LogP contribution in [-0.4, -0.2) is 15.1 Å². The van der Waals surface area contributed by atoms with Crippen LogP contribution in [0.4, 0.5) is 4.39 Å². The van der Waals surface area contributed by atoms with Gasteiger partial charge in [0.2, 0.25) is 11.7 Å². The molecule has 0 saturated carbocycles. The lowest BCUT2D eigenvalue weighted by molar-refractivity contribution is 0.367. The molecule has 0 radical (unpaired) electrons. The van der Waals surface area contributed by atoms with Crippen molar-refractivity contribution < 1.29 is 8.91 Å². The lowest BCUT2D eigenvalue weighted by Gasteiger charge is -2.05. The predicted molar refractivity (Wildman–Crippen MR) is 70.0 cm³/mol. The molecule has 20 heavy (non-hydrogen) atoms. The van der Waals surface area contributed by atoms with E-state index in [-0.39, 0.29) is 11.7 Å².